The minimum absolute atomic E-state index is 0.0415. The van der Waals surface area contributed by atoms with E-state index in [2.05, 4.69) is 10.0 Å². The van der Waals surface area contributed by atoms with Crippen molar-refractivity contribution in [2.45, 2.75) is 23.3 Å². The van der Waals surface area contributed by atoms with E-state index in [4.69, 9.17) is 0 Å². The van der Waals surface area contributed by atoms with E-state index in [9.17, 15) is 13.2 Å². The molecule has 120 valence electrons. The van der Waals surface area contributed by atoms with E-state index >= 15 is 0 Å². The lowest BCUT2D eigenvalue weighted by Crippen LogP contribution is -2.24. The van der Waals surface area contributed by atoms with Gasteiger partial charge in [-0.05, 0) is 36.2 Å². The molecule has 3 rings (SSSR count). The Kier molecular flexibility index (Phi) is 4.43. The summed E-state index contributed by atoms with van der Waals surface area (Å²) < 4.78 is 27.4. The van der Waals surface area contributed by atoms with Crippen LogP contribution in [0.4, 0.5) is 5.69 Å². The SMILES string of the molecule is Cc1ccccc1S(=O)(=O)NCc1ccc2c(c1)NC(=O)CS2. The average Bonchev–Trinajstić information content (AvgIpc) is 2.53. The second-order valence-electron chi connectivity index (χ2n) is 5.26. The number of hydrogen-bond donors (Lipinski definition) is 2. The first-order valence-electron chi connectivity index (χ1n) is 7.06. The highest BCUT2D eigenvalue weighted by Crippen LogP contribution is 2.32. The number of rotatable bonds is 4. The van der Waals surface area contributed by atoms with Crippen LogP contribution in [0.3, 0.4) is 0 Å². The molecule has 7 heteroatoms. The van der Waals surface area contributed by atoms with Crippen LogP contribution < -0.4 is 10.0 Å². The Hall–Kier alpha value is -1.83. The van der Waals surface area contributed by atoms with Crippen molar-refractivity contribution < 1.29 is 13.2 Å². The fourth-order valence-corrected chi connectivity index (χ4v) is 4.40. The van der Waals surface area contributed by atoms with Gasteiger partial charge in [-0.3, -0.25) is 4.79 Å². The van der Waals surface area contributed by atoms with Crippen molar-refractivity contribution >= 4 is 33.4 Å². The smallest absolute Gasteiger partial charge is 0.241 e. The van der Waals surface area contributed by atoms with E-state index in [0.29, 0.717) is 11.3 Å². The zero-order valence-electron chi connectivity index (χ0n) is 12.5. The third-order valence-corrected chi connectivity index (χ3v) is 6.16. The molecule has 0 saturated carbocycles. The number of carbonyl (C=O) groups excluding carboxylic acids is 1. The molecule has 2 aromatic rings. The molecule has 2 N–H and O–H groups in total. The molecule has 1 aliphatic heterocycles. The van der Waals surface area contributed by atoms with Gasteiger partial charge in [0.1, 0.15) is 0 Å². The van der Waals surface area contributed by atoms with Crippen molar-refractivity contribution in [1.29, 1.82) is 0 Å². The van der Waals surface area contributed by atoms with E-state index in [1.165, 1.54) is 11.8 Å². The highest BCUT2D eigenvalue weighted by Gasteiger charge is 2.18. The Balaban J connectivity index is 1.77. The van der Waals surface area contributed by atoms with Crippen molar-refractivity contribution in [1.82, 2.24) is 4.72 Å². The van der Waals surface area contributed by atoms with Crippen LogP contribution in [0.25, 0.3) is 0 Å². The van der Waals surface area contributed by atoms with Gasteiger partial charge in [-0.1, -0.05) is 24.3 Å². The summed E-state index contributed by atoms with van der Waals surface area (Å²) in [6.07, 6.45) is 0. The van der Waals surface area contributed by atoms with E-state index in [-0.39, 0.29) is 17.3 Å². The third-order valence-electron chi connectivity index (χ3n) is 3.53. The Morgan fingerprint density at radius 3 is 2.78 bits per heavy atom. The van der Waals surface area contributed by atoms with Crippen LogP contribution in [-0.2, 0) is 21.4 Å². The Bertz CT molecular complexity index is 863. The van der Waals surface area contributed by atoms with Crippen molar-refractivity contribution in [2.24, 2.45) is 0 Å². The molecule has 0 saturated heterocycles. The summed E-state index contributed by atoms with van der Waals surface area (Å²) in [5.74, 6) is 0.367. The van der Waals surface area contributed by atoms with Gasteiger partial charge in [-0.25, -0.2) is 13.1 Å². The van der Waals surface area contributed by atoms with Crippen LogP contribution in [-0.4, -0.2) is 20.1 Å². The summed E-state index contributed by atoms with van der Waals surface area (Å²) in [5, 5.41) is 2.80. The predicted molar refractivity (Wildman–Crippen MR) is 91.0 cm³/mol. The first-order chi connectivity index (χ1) is 11.0. The second kappa shape index (κ2) is 6.35. The number of nitrogens with one attached hydrogen (secondary N) is 2. The first kappa shape index (κ1) is 16.0. The zero-order valence-corrected chi connectivity index (χ0v) is 14.1. The van der Waals surface area contributed by atoms with Crippen molar-refractivity contribution in [3.8, 4) is 0 Å². The topological polar surface area (TPSA) is 75.3 Å². The van der Waals surface area contributed by atoms with E-state index in [1.54, 1.807) is 37.3 Å². The first-order valence-corrected chi connectivity index (χ1v) is 9.53. The number of thioether (sulfide) groups is 1. The molecule has 5 nitrogen and oxygen atoms in total. The fraction of sp³-hybridized carbons (Fsp3) is 0.188. The normalized spacial score (nSPS) is 14.2. The molecule has 23 heavy (non-hydrogen) atoms. The maximum Gasteiger partial charge on any atom is 0.241 e. The predicted octanol–water partition coefficient (Wildman–Crippen LogP) is 2.52. The standard InChI is InChI=1S/C16H16N2O3S2/c1-11-4-2-3-5-15(11)23(20,21)17-9-12-6-7-14-13(8-12)18-16(19)10-22-14/h2-8,17H,9-10H2,1H3,(H,18,19). The van der Waals surface area contributed by atoms with Crippen LogP contribution in [0.5, 0.6) is 0 Å². The number of sulfonamides is 1. The Morgan fingerprint density at radius 2 is 2.00 bits per heavy atom. The summed E-state index contributed by atoms with van der Waals surface area (Å²) in [7, 11) is -3.56. The van der Waals surface area contributed by atoms with Gasteiger partial charge in [0.05, 0.1) is 16.3 Å². The minimum atomic E-state index is -3.56. The van der Waals surface area contributed by atoms with Gasteiger partial charge in [-0.15, -0.1) is 11.8 Å². The monoisotopic (exact) mass is 348 g/mol. The average molecular weight is 348 g/mol. The lowest BCUT2D eigenvalue weighted by molar-refractivity contribution is -0.113. The van der Waals surface area contributed by atoms with Gasteiger partial charge in [0.15, 0.2) is 0 Å². The summed E-state index contributed by atoms with van der Waals surface area (Å²) in [6, 6.07) is 12.4. The minimum Gasteiger partial charge on any atom is -0.324 e. The molecule has 2 aromatic carbocycles. The number of fused-ring (bicyclic) bond motifs is 1. The van der Waals surface area contributed by atoms with Crippen LogP contribution in [0.15, 0.2) is 52.3 Å². The Morgan fingerprint density at radius 1 is 1.22 bits per heavy atom. The second-order valence-corrected chi connectivity index (χ2v) is 8.01. The highest BCUT2D eigenvalue weighted by molar-refractivity contribution is 8.00. The van der Waals surface area contributed by atoms with Gasteiger partial charge in [0.2, 0.25) is 15.9 Å². The van der Waals surface area contributed by atoms with E-state index in [0.717, 1.165) is 16.1 Å². The lowest BCUT2D eigenvalue weighted by Gasteiger charge is -2.17. The van der Waals surface area contributed by atoms with Gasteiger partial charge >= 0.3 is 0 Å². The molecule has 1 heterocycles. The quantitative estimate of drug-likeness (QED) is 0.890. The summed E-state index contributed by atoms with van der Waals surface area (Å²) in [4.78, 5) is 12.7. The largest absolute Gasteiger partial charge is 0.324 e. The van der Waals surface area contributed by atoms with Crippen LogP contribution in [0.1, 0.15) is 11.1 Å². The number of hydrogen-bond acceptors (Lipinski definition) is 4. The van der Waals surface area contributed by atoms with E-state index in [1.807, 2.05) is 12.1 Å². The summed E-state index contributed by atoms with van der Waals surface area (Å²) in [6.45, 7) is 1.94. The fourth-order valence-electron chi connectivity index (χ4n) is 2.35. The third kappa shape index (κ3) is 3.57. The molecular weight excluding hydrogens is 332 g/mol. The molecule has 0 atom stereocenters. The van der Waals surface area contributed by atoms with Crippen molar-refractivity contribution in [3.05, 3.63) is 53.6 Å². The van der Waals surface area contributed by atoms with E-state index < -0.39 is 10.0 Å². The molecule has 0 radical (unpaired) electrons. The number of anilines is 1. The molecule has 1 amide bonds. The van der Waals surface area contributed by atoms with Gasteiger partial charge in [0.25, 0.3) is 0 Å². The maximum absolute atomic E-state index is 12.4. The molecule has 0 spiro atoms. The number of benzene rings is 2. The van der Waals surface area contributed by atoms with Crippen molar-refractivity contribution in [2.75, 3.05) is 11.1 Å². The molecule has 0 fully saturated rings. The van der Waals surface area contributed by atoms with Gasteiger partial charge in [0, 0.05) is 11.4 Å². The molecule has 0 aromatic heterocycles. The van der Waals surface area contributed by atoms with Crippen LogP contribution >= 0.6 is 11.8 Å². The lowest BCUT2D eigenvalue weighted by atomic mass is 10.2. The zero-order chi connectivity index (χ0) is 16.4. The number of amides is 1. The van der Waals surface area contributed by atoms with Gasteiger partial charge in [-0.2, -0.15) is 0 Å². The molecule has 0 unspecified atom stereocenters. The van der Waals surface area contributed by atoms with Crippen LogP contribution in [0, 0.1) is 6.92 Å². The van der Waals surface area contributed by atoms with Gasteiger partial charge < -0.3 is 5.32 Å². The van der Waals surface area contributed by atoms with Crippen LogP contribution in [0.2, 0.25) is 0 Å². The summed E-state index contributed by atoms with van der Waals surface area (Å²) in [5.41, 5.74) is 2.23. The van der Waals surface area contributed by atoms with Crippen molar-refractivity contribution in [3.63, 3.8) is 0 Å². The number of carbonyl (C=O) groups is 1. The highest BCUT2D eigenvalue weighted by atomic mass is 32.2. The summed E-state index contributed by atoms with van der Waals surface area (Å²) >= 11 is 1.48. The molecule has 0 bridgehead atoms. The molecule has 1 aliphatic rings. The Labute approximate surface area is 139 Å². The molecule has 0 aliphatic carbocycles. The number of aryl methyl sites for hydroxylation is 1. The maximum atomic E-state index is 12.4. The molecular formula is C16H16N2O3S2.